The van der Waals surface area contributed by atoms with E-state index in [0.29, 0.717) is 28.3 Å². The van der Waals surface area contributed by atoms with Crippen molar-refractivity contribution >= 4 is 23.2 Å². The first-order chi connectivity index (χ1) is 12.1. The third-order valence-electron chi connectivity index (χ3n) is 3.53. The van der Waals surface area contributed by atoms with Gasteiger partial charge in [-0.3, -0.25) is 9.78 Å². The summed E-state index contributed by atoms with van der Waals surface area (Å²) in [6.07, 6.45) is 6.25. The van der Waals surface area contributed by atoms with E-state index >= 15 is 0 Å². The summed E-state index contributed by atoms with van der Waals surface area (Å²) >= 11 is 6.19. The maximum absolute atomic E-state index is 12.5. The van der Waals surface area contributed by atoms with E-state index in [2.05, 4.69) is 25.3 Å². The maximum atomic E-state index is 12.5. The van der Waals surface area contributed by atoms with Crippen molar-refractivity contribution in [3.8, 4) is 11.3 Å². The van der Waals surface area contributed by atoms with Gasteiger partial charge in [0.15, 0.2) is 5.15 Å². The first-order valence-corrected chi connectivity index (χ1v) is 8.13. The molecule has 0 atom stereocenters. The predicted octanol–water partition coefficient (Wildman–Crippen LogP) is 3.96. The Labute approximate surface area is 150 Å². The molecule has 126 valence electrons. The highest BCUT2D eigenvalue weighted by molar-refractivity contribution is 6.33. The molecular weight excluding hydrogens is 338 g/mol. The maximum Gasteiger partial charge on any atom is 0.258 e. The van der Waals surface area contributed by atoms with E-state index in [4.69, 9.17) is 11.6 Å². The zero-order valence-electron chi connectivity index (χ0n) is 13.8. The van der Waals surface area contributed by atoms with Crippen molar-refractivity contribution in [3.63, 3.8) is 0 Å². The Hall–Kier alpha value is -2.86. The second-order valence-corrected chi connectivity index (χ2v) is 6.04. The van der Waals surface area contributed by atoms with Crippen molar-refractivity contribution in [2.45, 2.75) is 19.8 Å². The van der Waals surface area contributed by atoms with Gasteiger partial charge >= 0.3 is 0 Å². The molecule has 3 aromatic rings. The van der Waals surface area contributed by atoms with Crippen LogP contribution in [-0.4, -0.2) is 25.8 Å². The lowest BCUT2D eigenvalue weighted by Gasteiger charge is -2.12. The van der Waals surface area contributed by atoms with E-state index in [9.17, 15) is 4.79 Å². The summed E-state index contributed by atoms with van der Waals surface area (Å²) in [6, 6.07) is 7.27. The second kappa shape index (κ2) is 7.36. The quantitative estimate of drug-likeness (QED) is 0.718. The van der Waals surface area contributed by atoms with Gasteiger partial charge in [0.25, 0.3) is 5.91 Å². The number of carbonyl (C=O) groups excluding carboxylic acids is 1. The lowest BCUT2D eigenvalue weighted by Crippen LogP contribution is -2.15. The van der Waals surface area contributed by atoms with Crippen molar-refractivity contribution in [1.82, 2.24) is 19.9 Å². The highest BCUT2D eigenvalue weighted by atomic mass is 35.5. The van der Waals surface area contributed by atoms with Gasteiger partial charge in [0.1, 0.15) is 5.82 Å². The Bertz CT molecular complexity index is 882. The summed E-state index contributed by atoms with van der Waals surface area (Å²) in [5, 5.41) is 2.98. The van der Waals surface area contributed by atoms with Gasteiger partial charge in [-0.2, -0.15) is 0 Å². The third-order valence-corrected chi connectivity index (χ3v) is 3.82. The van der Waals surface area contributed by atoms with Crippen LogP contribution in [0.3, 0.4) is 0 Å². The van der Waals surface area contributed by atoms with E-state index in [-0.39, 0.29) is 17.0 Å². The fourth-order valence-electron chi connectivity index (χ4n) is 2.23. The normalized spacial score (nSPS) is 10.7. The zero-order chi connectivity index (χ0) is 17.8. The topological polar surface area (TPSA) is 80.7 Å². The van der Waals surface area contributed by atoms with E-state index in [0.717, 1.165) is 0 Å². The minimum Gasteiger partial charge on any atom is -0.319 e. The Balaban J connectivity index is 1.91. The molecule has 3 aromatic heterocycles. The van der Waals surface area contributed by atoms with Crippen LogP contribution in [0.5, 0.6) is 0 Å². The summed E-state index contributed by atoms with van der Waals surface area (Å²) in [4.78, 5) is 29.3. The number of halogens is 1. The number of aromatic nitrogens is 4. The molecule has 7 heteroatoms. The van der Waals surface area contributed by atoms with Gasteiger partial charge in [-0.05, 0) is 18.2 Å². The molecule has 3 heterocycles. The molecule has 6 nitrogen and oxygen atoms in total. The molecule has 1 amide bonds. The molecule has 0 bridgehead atoms. The predicted molar refractivity (Wildman–Crippen MR) is 96.6 cm³/mol. The number of amides is 1. The van der Waals surface area contributed by atoms with Gasteiger partial charge in [0, 0.05) is 36.3 Å². The molecule has 0 unspecified atom stereocenters. The van der Waals surface area contributed by atoms with E-state index in [1.165, 1.54) is 12.4 Å². The average Bonchev–Trinajstić information content (AvgIpc) is 2.64. The number of nitrogens with one attached hydrogen (secondary N) is 1. The van der Waals surface area contributed by atoms with Crippen molar-refractivity contribution in [3.05, 3.63) is 65.6 Å². The van der Waals surface area contributed by atoms with Gasteiger partial charge in [-0.15, -0.1) is 0 Å². The molecule has 25 heavy (non-hydrogen) atoms. The molecule has 0 aliphatic rings. The average molecular weight is 354 g/mol. The molecule has 0 saturated carbocycles. The van der Waals surface area contributed by atoms with Crippen LogP contribution in [-0.2, 0) is 0 Å². The molecule has 1 N–H and O–H groups in total. The zero-order valence-corrected chi connectivity index (χ0v) is 14.5. The molecule has 0 saturated heterocycles. The number of hydrogen-bond donors (Lipinski definition) is 1. The molecule has 0 fully saturated rings. The monoisotopic (exact) mass is 353 g/mol. The number of anilines is 1. The first kappa shape index (κ1) is 17.0. The number of rotatable bonds is 4. The lowest BCUT2D eigenvalue weighted by molar-refractivity contribution is 0.102. The van der Waals surface area contributed by atoms with Crippen LogP contribution in [0, 0.1) is 0 Å². The number of carbonyl (C=O) groups is 1. The van der Waals surface area contributed by atoms with Gasteiger partial charge in [-0.1, -0.05) is 31.5 Å². The van der Waals surface area contributed by atoms with Crippen LogP contribution in [0.1, 0.15) is 35.9 Å². The van der Waals surface area contributed by atoms with Crippen molar-refractivity contribution in [1.29, 1.82) is 0 Å². The summed E-state index contributed by atoms with van der Waals surface area (Å²) < 4.78 is 0. The highest BCUT2D eigenvalue weighted by Gasteiger charge is 2.16. The summed E-state index contributed by atoms with van der Waals surface area (Å²) in [5.41, 5.74) is 2.12. The molecular formula is C18H16ClN5O. The first-order valence-electron chi connectivity index (χ1n) is 7.75. The lowest BCUT2D eigenvalue weighted by atomic mass is 10.1. The largest absolute Gasteiger partial charge is 0.319 e. The summed E-state index contributed by atoms with van der Waals surface area (Å²) in [5.74, 6) is 0.521. The third kappa shape index (κ3) is 3.80. The molecule has 0 spiro atoms. The van der Waals surface area contributed by atoms with Crippen LogP contribution >= 0.6 is 11.6 Å². The number of pyridine rings is 2. The molecule has 0 aliphatic carbocycles. The van der Waals surface area contributed by atoms with Gasteiger partial charge in [-0.25, -0.2) is 15.0 Å². The fourth-order valence-corrected chi connectivity index (χ4v) is 2.44. The van der Waals surface area contributed by atoms with Crippen molar-refractivity contribution in [2.75, 3.05) is 5.32 Å². The number of hydrogen-bond acceptors (Lipinski definition) is 5. The Morgan fingerprint density at radius 3 is 2.44 bits per heavy atom. The smallest absolute Gasteiger partial charge is 0.258 e. The molecule has 0 aliphatic heterocycles. The number of nitrogens with zero attached hydrogens (tertiary/aromatic N) is 4. The van der Waals surface area contributed by atoms with Crippen LogP contribution in [0.15, 0.2) is 49.1 Å². The standard InChI is InChI=1S/C18H16ClN5O/c1-11(2)17-22-9-12(10-23-17)18(25)24-15-13(6-8-21-16(15)19)14-5-3-4-7-20-14/h3-11H,1-2H3,(H,24,25). The minimum absolute atomic E-state index is 0.191. The van der Waals surface area contributed by atoms with E-state index in [1.54, 1.807) is 18.5 Å². The van der Waals surface area contributed by atoms with Gasteiger partial charge in [0.2, 0.25) is 0 Å². The molecule has 0 radical (unpaired) electrons. The highest BCUT2D eigenvalue weighted by Crippen LogP contribution is 2.31. The van der Waals surface area contributed by atoms with Crippen LogP contribution in [0.2, 0.25) is 5.15 Å². The van der Waals surface area contributed by atoms with Gasteiger partial charge < -0.3 is 5.32 Å². The Morgan fingerprint density at radius 2 is 1.80 bits per heavy atom. The second-order valence-electron chi connectivity index (χ2n) is 5.68. The molecule has 3 rings (SSSR count). The van der Waals surface area contributed by atoms with E-state index in [1.807, 2.05) is 32.0 Å². The fraction of sp³-hybridized carbons (Fsp3) is 0.167. The van der Waals surface area contributed by atoms with Crippen molar-refractivity contribution in [2.24, 2.45) is 0 Å². The SMILES string of the molecule is CC(C)c1ncc(C(=O)Nc2c(-c3ccccn3)ccnc2Cl)cn1. The summed E-state index contributed by atoms with van der Waals surface area (Å²) in [7, 11) is 0. The van der Waals surface area contributed by atoms with Crippen LogP contribution < -0.4 is 5.32 Å². The summed E-state index contributed by atoms with van der Waals surface area (Å²) in [6.45, 7) is 3.98. The minimum atomic E-state index is -0.359. The van der Waals surface area contributed by atoms with E-state index < -0.39 is 0 Å². The van der Waals surface area contributed by atoms with Crippen LogP contribution in [0.25, 0.3) is 11.3 Å². The van der Waals surface area contributed by atoms with Gasteiger partial charge in [0.05, 0.1) is 16.9 Å². The van der Waals surface area contributed by atoms with Crippen LogP contribution in [0.4, 0.5) is 5.69 Å². The molecule has 0 aromatic carbocycles. The Kier molecular flexibility index (Phi) is 5.00. The van der Waals surface area contributed by atoms with Crippen molar-refractivity contribution < 1.29 is 4.79 Å². The Morgan fingerprint density at radius 1 is 1.04 bits per heavy atom.